The maximum Gasteiger partial charge on any atom is 0.416 e. The van der Waals surface area contributed by atoms with Crippen LogP contribution in [0.1, 0.15) is 22.9 Å². The normalized spacial score (nSPS) is 13.4. The molecule has 0 saturated heterocycles. The average Bonchev–Trinajstić information content (AvgIpc) is 3.04. The molecule has 0 amide bonds. The molecule has 0 saturated carbocycles. The van der Waals surface area contributed by atoms with Gasteiger partial charge in [-0.15, -0.1) is 0 Å². The molecule has 0 bridgehead atoms. The van der Waals surface area contributed by atoms with E-state index in [1.807, 2.05) is 30.3 Å². The number of aromatic amines is 1. The van der Waals surface area contributed by atoms with Crippen molar-refractivity contribution in [3.05, 3.63) is 69.9 Å². The van der Waals surface area contributed by atoms with E-state index in [1.165, 1.54) is 6.07 Å². The average molecular weight is 436 g/mol. The van der Waals surface area contributed by atoms with Crippen molar-refractivity contribution in [1.29, 1.82) is 0 Å². The molecule has 3 nitrogen and oxygen atoms in total. The first-order valence-electron chi connectivity index (χ1n) is 8.15. The highest BCUT2D eigenvalue weighted by Gasteiger charge is 2.32. The lowest BCUT2D eigenvalue weighted by atomic mass is 10.0. The van der Waals surface area contributed by atoms with Gasteiger partial charge in [0.05, 0.1) is 16.6 Å². The Morgan fingerprint density at radius 2 is 1.85 bits per heavy atom. The predicted molar refractivity (Wildman–Crippen MR) is 102 cm³/mol. The molecular formula is C20H13BrF3NO2. The number of nitrogens with one attached hydrogen (secondary N) is 1. The van der Waals surface area contributed by atoms with Crippen molar-refractivity contribution in [3.8, 4) is 11.5 Å². The summed E-state index contributed by atoms with van der Waals surface area (Å²) in [4.78, 5) is 15.3. The number of halogens is 4. The van der Waals surface area contributed by atoms with Gasteiger partial charge in [0.2, 0.25) is 0 Å². The number of alkyl halides is 4. The quantitative estimate of drug-likeness (QED) is 0.369. The third kappa shape index (κ3) is 3.16. The molecule has 1 N–H and O–H groups in total. The standard InChI is InChI=1S/C20H13BrF3NO2/c1-10(21)13-7-12(20(22,23)24)8-14-17(26)9-18(27-19(13)14)16-6-11-4-2-3-5-15(11)25-16/h2-10,25H,1H3. The van der Waals surface area contributed by atoms with Gasteiger partial charge in [0, 0.05) is 27.4 Å². The summed E-state index contributed by atoms with van der Waals surface area (Å²) in [6.07, 6.45) is -4.55. The molecule has 1 atom stereocenters. The smallest absolute Gasteiger partial charge is 0.416 e. The summed E-state index contributed by atoms with van der Waals surface area (Å²) in [5.41, 5.74) is 0.482. The van der Waals surface area contributed by atoms with Crippen LogP contribution in [-0.4, -0.2) is 4.98 Å². The van der Waals surface area contributed by atoms with E-state index in [1.54, 1.807) is 6.92 Å². The Labute approximate surface area is 159 Å². The first-order valence-corrected chi connectivity index (χ1v) is 9.07. The Hall–Kier alpha value is -2.54. The fourth-order valence-corrected chi connectivity index (χ4v) is 3.42. The van der Waals surface area contributed by atoms with E-state index in [2.05, 4.69) is 20.9 Å². The summed E-state index contributed by atoms with van der Waals surface area (Å²) in [5.74, 6) is 0.276. The maximum atomic E-state index is 13.2. The van der Waals surface area contributed by atoms with Gasteiger partial charge in [0.15, 0.2) is 11.2 Å². The van der Waals surface area contributed by atoms with E-state index in [0.717, 1.165) is 23.0 Å². The Morgan fingerprint density at radius 1 is 1.11 bits per heavy atom. The van der Waals surface area contributed by atoms with Crippen molar-refractivity contribution < 1.29 is 17.6 Å². The number of hydrogen-bond acceptors (Lipinski definition) is 2. The number of fused-ring (bicyclic) bond motifs is 2. The zero-order chi connectivity index (χ0) is 19.3. The fraction of sp³-hybridized carbons (Fsp3) is 0.150. The summed E-state index contributed by atoms with van der Waals surface area (Å²) < 4.78 is 45.5. The molecule has 138 valence electrons. The van der Waals surface area contributed by atoms with Crippen LogP contribution in [0.25, 0.3) is 33.3 Å². The summed E-state index contributed by atoms with van der Waals surface area (Å²) in [7, 11) is 0. The van der Waals surface area contributed by atoms with Crippen molar-refractivity contribution in [3.63, 3.8) is 0 Å². The molecule has 7 heteroatoms. The third-order valence-electron chi connectivity index (χ3n) is 4.41. The van der Waals surface area contributed by atoms with Crippen molar-refractivity contribution in [1.82, 2.24) is 4.98 Å². The topological polar surface area (TPSA) is 46.0 Å². The number of aromatic nitrogens is 1. The lowest BCUT2D eigenvalue weighted by Gasteiger charge is -2.13. The second-order valence-electron chi connectivity index (χ2n) is 6.30. The molecule has 0 aliphatic carbocycles. The van der Waals surface area contributed by atoms with E-state index in [4.69, 9.17) is 4.42 Å². The predicted octanol–water partition coefficient (Wildman–Crippen LogP) is 6.42. The monoisotopic (exact) mass is 435 g/mol. The van der Waals surface area contributed by atoms with Crippen molar-refractivity contribution in [2.45, 2.75) is 17.9 Å². The van der Waals surface area contributed by atoms with Crippen molar-refractivity contribution >= 4 is 37.8 Å². The van der Waals surface area contributed by atoms with Gasteiger partial charge < -0.3 is 9.40 Å². The minimum absolute atomic E-state index is 0.0917. The van der Waals surface area contributed by atoms with E-state index in [-0.39, 0.29) is 22.3 Å². The molecule has 27 heavy (non-hydrogen) atoms. The van der Waals surface area contributed by atoms with Gasteiger partial charge in [-0.3, -0.25) is 4.79 Å². The molecule has 2 heterocycles. The third-order valence-corrected chi connectivity index (χ3v) is 4.90. The lowest BCUT2D eigenvalue weighted by molar-refractivity contribution is -0.137. The van der Waals surface area contributed by atoms with Gasteiger partial charge in [-0.05, 0) is 31.2 Å². The molecule has 2 aromatic carbocycles. The number of para-hydroxylation sites is 1. The Balaban J connectivity index is 2.00. The fourth-order valence-electron chi connectivity index (χ4n) is 3.08. The molecule has 0 spiro atoms. The second kappa shape index (κ2) is 6.27. The zero-order valence-corrected chi connectivity index (χ0v) is 15.6. The molecule has 4 rings (SSSR count). The van der Waals surface area contributed by atoms with Gasteiger partial charge in [-0.25, -0.2) is 0 Å². The number of benzene rings is 2. The van der Waals surface area contributed by atoms with Crippen molar-refractivity contribution in [2.24, 2.45) is 0 Å². The molecule has 0 radical (unpaired) electrons. The minimum Gasteiger partial charge on any atom is -0.454 e. The molecular weight excluding hydrogens is 423 g/mol. The first kappa shape index (κ1) is 17.9. The van der Waals surface area contributed by atoms with Crippen LogP contribution in [0.5, 0.6) is 0 Å². The molecule has 0 aliphatic heterocycles. The van der Waals surface area contributed by atoms with E-state index < -0.39 is 22.0 Å². The van der Waals surface area contributed by atoms with E-state index >= 15 is 0 Å². The number of H-pyrrole nitrogens is 1. The van der Waals surface area contributed by atoms with Crippen LogP contribution < -0.4 is 5.43 Å². The summed E-state index contributed by atoms with van der Waals surface area (Å²) >= 11 is 3.30. The van der Waals surface area contributed by atoms with Crippen molar-refractivity contribution in [2.75, 3.05) is 0 Å². The van der Waals surface area contributed by atoms with Crippen LogP contribution in [-0.2, 0) is 6.18 Å². The van der Waals surface area contributed by atoms with Crippen LogP contribution >= 0.6 is 15.9 Å². The van der Waals surface area contributed by atoms with Crippen LogP contribution in [0.4, 0.5) is 13.2 Å². The van der Waals surface area contributed by atoms with Crippen LogP contribution in [0.3, 0.4) is 0 Å². The van der Waals surface area contributed by atoms with Gasteiger partial charge in [-0.1, -0.05) is 34.1 Å². The van der Waals surface area contributed by atoms with Crippen LogP contribution in [0, 0.1) is 0 Å². The molecule has 0 aliphatic rings. The van der Waals surface area contributed by atoms with Crippen LogP contribution in [0.15, 0.2) is 57.7 Å². The largest absolute Gasteiger partial charge is 0.454 e. The number of hydrogen-bond donors (Lipinski definition) is 1. The Bertz CT molecular complexity index is 1190. The minimum atomic E-state index is -4.55. The molecule has 4 aromatic rings. The Kier molecular flexibility index (Phi) is 4.14. The molecule has 0 fully saturated rings. The second-order valence-corrected chi connectivity index (χ2v) is 7.67. The summed E-state index contributed by atoms with van der Waals surface area (Å²) in [6, 6.07) is 12.5. The SMILES string of the molecule is CC(Br)c1cc(C(F)(F)F)cc2c(=O)cc(-c3cc4ccccc4[nH]3)oc12. The summed E-state index contributed by atoms with van der Waals surface area (Å²) in [6.45, 7) is 1.69. The van der Waals surface area contributed by atoms with E-state index in [9.17, 15) is 18.0 Å². The van der Waals surface area contributed by atoms with Crippen LogP contribution in [0.2, 0.25) is 0 Å². The highest BCUT2D eigenvalue weighted by atomic mass is 79.9. The zero-order valence-electron chi connectivity index (χ0n) is 14.0. The molecule has 1 unspecified atom stereocenters. The highest BCUT2D eigenvalue weighted by molar-refractivity contribution is 9.09. The lowest BCUT2D eigenvalue weighted by Crippen LogP contribution is -2.09. The first-order chi connectivity index (χ1) is 12.7. The highest BCUT2D eigenvalue weighted by Crippen LogP contribution is 2.37. The van der Waals surface area contributed by atoms with Gasteiger partial charge in [0.1, 0.15) is 5.58 Å². The van der Waals surface area contributed by atoms with Gasteiger partial charge in [-0.2, -0.15) is 13.2 Å². The number of rotatable bonds is 2. The summed E-state index contributed by atoms with van der Waals surface area (Å²) in [5, 5.41) is 0.850. The Morgan fingerprint density at radius 3 is 2.52 bits per heavy atom. The van der Waals surface area contributed by atoms with Gasteiger partial charge >= 0.3 is 6.18 Å². The van der Waals surface area contributed by atoms with Gasteiger partial charge in [0.25, 0.3) is 0 Å². The molecule has 2 aromatic heterocycles. The maximum absolute atomic E-state index is 13.2. The van der Waals surface area contributed by atoms with E-state index in [0.29, 0.717) is 5.69 Å².